The predicted molar refractivity (Wildman–Crippen MR) is 227 cm³/mol. The zero-order chi connectivity index (χ0) is 36.6. The van der Waals surface area contributed by atoms with E-state index in [0.29, 0.717) is 0 Å². The molecule has 55 heavy (non-hydrogen) atoms. The van der Waals surface area contributed by atoms with Crippen LogP contribution in [0.15, 0.2) is 215 Å². The van der Waals surface area contributed by atoms with E-state index >= 15 is 0 Å². The Labute approximate surface area is 319 Å². The third-order valence-corrected chi connectivity index (χ3v) is 10.4. The van der Waals surface area contributed by atoms with Gasteiger partial charge in [0.1, 0.15) is 22.8 Å². The van der Waals surface area contributed by atoms with Crippen molar-refractivity contribution in [2.45, 2.75) is 6.17 Å². The third kappa shape index (κ3) is 6.20. The van der Waals surface area contributed by atoms with Crippen LogP contribution in [0.5, 0.6) is 0 Å². The molecule has 0 bridgehead atoms. The Kier molecular flexibility index (Phi) is 8.19. The van der Waals surface area contributed by atoms with Gasteiger partial charge in [0.05, 0.1) is 0 Å². The van der Waals surface area contributed by atoms with E-state index in [2.05, 4.69) is 157 Å². The Morgan fingerprint density at radius 2 is 0.709 bits per heavy atom. The molecule has 4 heteroatoms. The molecule has 0 aliphatic carbocycles. The Hall–Kier alpha value is -7.30. The van der Waals surface area contributed by atoms with Crippen molar-refractivity contribution in [3.8, 4) is 44.5 Å². The van der Waals surface area contributed by atoms with Gasteiger partial charge in [-0.15, -0.1) is 0 Å². The van der Waals surface area contributed by atoms with Crippen molar-refractivity contribution in [3.63, 3.8) is 0 Å². The zero-order valence-electron chi connectivity index (χ0n) is 29.9. The van der Waals surface area contributed by atoms with Crippen LogP contribution in [0.3, 0.4) is 0 Å². The van der Waals surface area contributed by atoms with Crippen LogP contribution in [0.4, 0.5) is 0 Å². The molecule has 9 aromatic rings. The minimum atomic E-state index is -0.505. The van der Waals surface area contributed by atoms with Gasteiger partial charge in [-0.05, 0) is 56.6 Å². The molecular weight excluding hydrogens is 671 g/mol. The van der Waals surface area contributed by atoms with Crippen molar-refractivity contribution in [2.75, 3.05) is 0 Å². The van der Waals surface area contributed by atoms with E-state index in [1.54, 1.807) is 0 Å². The molecular formula is C51H35N3O. The van der Waals surface area contributed by atoms with Gasteiger partial charge in [0.25, 0.3) is 0 Å². The molecule has 260 valence electrons. The smallest absolute Gasteiger partial charge is 0.170 e. The number of amidine groups is 2. The van der Waals surface area contributed by atoms with Gasteiger partial charge in [-0.3, -0.25) is 0 Å². The maximum absolute atomic E-state index is 6.54. The first-order chi connectivity index (χ1) is 27.2. The van der Waals surface area contributed by atoms with Crippen LogP contribution in [-0.4, -0.2) is 11.7 Å². The van der Waals surface area contributed by atoms with E-state index < -0.39 is 6.17 Å². The third-order valence-electron chi connectivity index (χ3n) is 10.4. The Bertz CT molecular complexity index is 2840. The Morgan fingerprint density at radius 1 is 0.327 bits per heavy atom. The number of benzene rings is 8. The molecule has 1 N–H and O–H groups in total. The lowest BCUT2D eigenvalue weighted by Gasteiger charge is -2.23. The Morgan fingerprint density at radius 3 is 1.22 bits per heavy atom. The van der Waals surface area contributed by atoms with Crippen LogP contribution in [0.25, 0.3) is 66.4 Å². The van der Waals surface area contributed by atoms with Crippen LogP contribution < -0.4 is 5.32 Å². The molecule has 0 fully saturated rings. The Balaban J connectivity index is 1.05. The fourth-order valence-electron chi connectivity index (χ4n) is 7.61. The lowest BCUT2D eigenvalue weighted by Crippen LogP contribution is -2.36. The number of hydrogen-bond acceptors (Lipinski definition) is 4. The minimum Gasteiger partial charge on any atom is -0.456 e. The zero-order valence-corrected chi connectivity index (χ0v) is 29.9. The van der Waals surface area contributed by atoms with Gasteiger partial charge in [0, 0.05) is 27.5 Å². The first kappa shape index (κ1) is 32.4. The maximum Gasteiger partial charge on any atom is 0.170 e. The quantitative estimate of drug-likeness (QED) is 0.179. The summed E-state index contributed by atoms with van der Waals surface area (Å²) < 4.78 is 6.54. The van der Waals surface area contributed by atoms with Crippen LogP contribution in [0, 0.1) is 0 Å². The highest BCUT2D eigenvalue weighted by molar-refractivity contribution is 6.17. The average molecular weight is 706 g/mol. The normalized spacial score (nSPS) is 14.0. The number of fused-ring (bicyclic) bond motifs is 3. The van der Waals surface area contributed by atoms with Gasteiger partial charge in [0.15, 0.2) is 6.17 Å². The molecule has 4 nitrogen and oxygen atoms in total. The highest BCUT2D eigenvalue weighted by Crippen LogP contribution is 2.42. The van der Waals surface area contributed by atoms with Crippen molar-refractivity contribution >= 4 is 33.6 Å². The molecule has 0 amide bonds. The molecule has 0 saturated carbocycles. The molecule has 1 aliphatic rings. The SMILES string of the molecule is c1ccc(C2=NC(c3cccc4oc5cccc(-c6ccc(-c7ccccc7)cc6)c5c34)N=C(c3ccc(-c4ccc(-c5ccccc5)cc4)cc3)N2)cc1. The van der Waals surface area contributed by atoms with Gasteiger partial charge in [0.2, 0.25) is 0 Å². The van der Waals surface area contributed by atoms with Gasteiger partial charge < -0.3 is 9.73 Å². The summed E-state index contributed by atoms with van der Waals surface area (Å²) >= 11 is 0. The number of aliphatic imine (C=N–C) groups is 2. The molecule has 0 radical (unpaired) electrons. The molecule has 1 unspecified atom stereocenters. The van der Waals surface area contributed by atoms with Gasteiger partial charge in [-0.2, -0.15) is 0 Å². The first-order valence-electron chi connectivity index (χ1n) is 18.6. The molecule has 8 aromatic carbocycles. The molecule has 1 aromatic heterocycles. The van der Waals surface area contributed by atoms with Gasteiger partial charge in [-0.1, -0.05) is 188 Å². The van der Waals surface area contributed by atoms with Crippen molar-refractivity contribution in [1.29, 1.82) is 0 Å². The van der Waals surface area contributed by atoms with Gasteiger partial charge in [-0.25, -0.2) is 9.98 Å². The van der Waals surface area contributed by atoms with Crippen molar-refractivity contribution in [3.05, 3.63) is 217 Å². The number of rotatable bonds is 7. The molecule has 10 rings (SSSR count). The monoisotopic (exact) mass is 705 g/mol. The number of nitrogens with one attached hydrogen (secondary N) is 1. The van der Waals surface area contributed by atoms with E-state index in [4.69, 9.17) is 14.4 Å². The van der Waals surface area contributed by atoms with Crippen molar-refractivity contribution in [2.24, 2.45) is 9.98 Å². The lowest BCUT2D eigenvalue weighted by atomic mass is 9.95. The summed E-state index contributed by atoms with van der Waals surface area (Å²) in [6.07, 6.45) is -0.505. The molecule has 0 saturated heterocycles. The summed E-state index contributed by atoms with van der Waals surface area (Å²) in [6.45, 7) is 0. The highest BCUT2D eigenvalue weighted by atomic mass is 16.3. The van der Waals surface area contributed by atoms with E-state index in [1.807, 2.05) is 48.5 Å². The summed E-state index contributed by atoms with van der Waals surface area (Å²) in [4.78, 5) is 10.6. The van der Waals surface area contributed by atoms with E-state index in [1.165, 1.54) is 27.8 Å². The number of furan rings is 1. The predicted octanol–water partition coefficient (Wildman–Crippen LogP) is 12.7. The summed E-state index contributed by atoms with van der Waals surface area (Å²) in [5, 5.41) is 5.68. The second-order valence-corrected chi connectivity index (χ2v) is 13.8. The van der Waals surface area contributed by atoms with E-state index in [0.717, 1.165) is 67.0 Å². The van der Waals surface area contributed by atoms with Crippen LogP contribution in [0.2, 0.25) is 0 Å². The second kappa shape index (κ2) is 13.9. The molecule has 0 spiro atoms. The topological polar surface area (TPSA) is 49.9 Å². The van der Waals surface area contributed by atoms with E-state index in [-0.39, 0.29) is 0 Å². The number of nitrogens with zero attached hydrogens (tertiary/aromatic N) is 2. The fourth-order valence-corrected chi connectivity index (χ4v) is 7.61. The summed E-state index contributed by atoms with van der Waals surface area (Å²) in [5.74, 6) is 1.55. The number of hydrogen-bond donors (Lipinski definition) is 1. The van der Waals surface area contributed by atoms with Gasteiger partial charge >= 0.3 is 0 Å². The fraction of sp³-hybridized carbons (Fsp3) is 0.0196. The van der Waals surface area contributed by atoms with Crippen LogP contribution in [0.1, 0.15) is 22.9 Å². The van der Waals surface area contributed by atoms with Crippen molar-refractivity contribution < 1.29 is 4.42 Å². The standard InChI is InChI=1S/C51H35N3O/c1-4-12-34(13-5-1)36-22-24-38(25-23-36)39-28-32-42(33-29-39)50-52-49(41-16-8-3-9-17-41)53-51(54-50)44-19-11-21-46-48(44)47-43(18-10-20-45(47)55-46)40-30-26-37(27-31-40)35-14-6-2-7-15-35/h1-33,51H,(H,52,53,54). The second-order valence-electron chi connectivity index (χ2n) is 13.8. The molecule has 1 aliphatic heterocycles. The van der Waals surface area contributed by atoms with Crippen molar-refractivity contribution in [1.82, 2.24) is 5.32 Å². The molecule has 2 heterocycles. The summed E-state index contributed by atoms with van der Waals surface area (Å²) in [6, 6.07) is 69.9. The van der Waals surface area contributed by atoms with Crippen LogP contribution in [-0.2, 0) is 0 Å². The maximum atomic E-state index is 6.54. The minimum absolute atomic E-state index is 0.505. The lowest BCUT2D eigenvalue weighted by molar-refractivity contribution is 0.667. The summed E-state index contributed by atoms with van der Waals surface area (Å²) in [5.41, 5.74) is 14.0. The largest absolute Gasteiger partial charge is 0.456 e. The summed E-state index contributed by atoms with van der Waals surface area (Å²) in [7, 11) is 0. The first-order valence-corrected chi connectivity index (χ1v) is 18.6. The molecule has 1 atom stereocenters. The van der Waals surface area contributed by atoms with E-state index in [9.17, 15) is 0 Å². The van der Waals surface area contributed by atoms with Crippen LogP contribution >= 0.6 is 0 Å². The average Bonchev–Trinajstić information content (AvgIpc) is 3.67. The highest BCUT2D eigenvalue weighted by Gasteiger charge is 2.25.